The van der Waals surface area contributed by atoms with Crippen molar-refractivity contribution < 1.29 is 23.7 Å². The molecule has 1 aromatic heterocycles. The van der Waals surface area contributed by atoms with Crippen molar-refractivity contribution in [2.75, 3.05) is 46.7 Å². The number of pyridine rings is 1. The lowest BCUT2D eigenvalue weighted by Crippen LogP contribution is -2.51. The van der Waals surface area contributed by atoms with E-state index in [-0.39, 0.29) is 24.1 Å². The third kappa shape index (κ3) is 4.18. The van der Waals surface area contributed by atoms with E-state index in [1.807, 2.05) is 11.5 Å². The van der Waals surface area contributed by atoms with Crippen molar-refractivity contribution >= 4 is 31.9 Å². The van der Waals surface area contributed by atoms with Crippen LogP contribution in [0.25, 0.3) is 0 Å². The van der Waals surface area contributed by atoms with E-state index in [0.717, 1.165) is 5.33 Å². The summed E-state index contributed by atoms with van der Waals surface area (Å²) in [6.45, 7) is 3.61. The fraction of sp³-hybridized carbons (Fsp3) is 0.706. The molecule has 148 valence electrons. The number of hydrogen-bond donors (Lipinski definition) is 0. The Labute approximate surface area is 170 Å². The van der Waals surface area contributed by atoms with Crippen molar-refractivity contribution in [3.8, 4) is 5.75 Å². The van der Waals surface area contributed by atoms with Crippen LogP contribution in [-0.2, 0) is 25.5 Å². The normalized spacial score (nSPS) is 25.2. The average Bonchev–Trinajstić information content (AvgIpc) is 2.62. The van der Waals surface area contributed by atoms with Crippen molar-refractivity contribution in [1.82, 2.24) is 4.57 Å². The van der Waals surface area contributed by atoms with E-state index in [2.05, 4.69) is 31.9 Å². The number of methoxy groups -OCH3 is 3. The van der Waals surface area contributed by atoms with E-state index in [9.17, 15) is 4.79 Å². The molecule has 0 fully saturated rings. The zero-order chi connectivity index (χ0) is 19.3. The number of rotatable bonds is 9. The fourth-order valence-corrected chi connectivity index (χ4v) is 4.03. The van der Waals surface area contributed by atoms with Crippen LogP contribution in [0.4, 0.5) is 0 Å². The van der Waals surface area contributed by atoms with Crippen molar-refractivity contribution in [1.29, 1.82) is 0 Å². The summed E-state index contributed by atoms with van der Waals surface area (Å²) in [5.41, 5.74) is -0.0939. The van der Waals surface area contributed by atoms with Gasteiger partial charge in [-0.25, -0.2) is 0 Å². The molecule has 3 atom stereocenters. The first kappa shape index (κ1) is 21.8. The molecule has 0 aliphatic carbocycles. The second kappa shape index (κ2) is 9.66. The van der Waals surface area contributed by atoms with E-state index < -0.39 is 11.5 Å². The average molecular weight is 499 g/mol. The largest absolute Gasteiger partial charge is 0.491 e. The molecule has 2 rings (SSSR count). The zero-order valence-electron chi connectivity index (χ0n) is 15.4. The standard InChI is InChI=1S/C17H25Br2NO6/c1-17(9-25-6-5-18)12(23-3)8-20-7-11(19)14(21)15(24-4)13(20)16(17)26-10-22-2/h7,12,16H,5-6,8-10H2,1-4H3. The third-order valence-corrected chi connectivity index (χ3v) is 5.54. The van der Waals surface area contributed by atoms with Crippen LogP contribution in [0, 0.1) is 5.41 Å². The van der Waals surface area contributed by atoms with Gasteiger partial charge >= 0.3 is 0 Å². The summed E-state index contributed by atoms with van der Waals surface area (Å²) < 4.78 is 30.6. The van der Waals surface area contributed by atoms with E-state index in [1.165, 1.54) is 7.11 Å². The van der Waals surface area contributed by atoms with Crippen molar-refractivity contribution in [3.63, 3.8) is 0 Å². The molecule has 2 heterocycles. The Bertz CT molecular complexity index is 667. The highest BCUT2D eigenvalue weighted by Crippen LogP contribution is 2.47. The summed E-state index contributed by atoms with van der Waals surface area (Å²) in [5.74, 6) is 0.252. The number of hydrogen-bond acceptors (Lipinski definition) is 6. The van der Waals surface area contributed by atoms with Crippen LogP contribution in [-0.4, -0.2) is 57.3 Å². The van der Waals surface area contributed by atoms with Gasteiger partial charge in [-0.15, -0.1) is 0 Å². The monoisotopic (exact) mass is 497 g/mol. The quantitative estimate of drug-likeness (QED) is 0.296. The molecule has 26 heavy (non-hydrogen) atoms. The van der Waals surface area contributed by atoms with Gasteiger partial charge in [0.25, 0.3) is 0 Å². The van der Waals surface area contributed by atoms with Gasteiger partial charge in [0.2, 0.25) is 5.43 Å². The SMILES string of the molecule is COCOC1c2c(OC)c(=O)c(Br)cn2CC(OC)C1(C)COCCBr. The molecular formula is C17H25Br2NO6. The second-order valence-corrected chi connectivity index (χ2v) is 7.95. The lowest BCUT2D eigenvalue weighted by Gasteiger charge is -2.47. The van der Waals surface area contributed by atoms with Gasteiger partial charge in [-0.05, 0) is 15.9 Å². The molecule has 0 saturated heterocycles. The number of fused-ring (bicyclic) bond motifs is 1. The Morgan fingerprint density at radius 1 is 1.35 bits per heavy atom. The maximum atomic E-state index is 12.6. The van der Waals surface area contributed by atoms with Gasteiger partial charge < -0.3 is 28.3 Å². The lowest BCUT2D eigenvalue weighted by atomic mass is 9.74. The molecule has 1 aliphatic heterocycles. The first-order valence-electron chi connectivity index (χ1n) is 8.18. The fourth-order valence-electron chi connectivity index (χ4n) is 3.37. The third-order valence-electron chi connectivity index (χ3n) is 4.66. The van der Waals surface area contributed by atoms with Gasteiger partial charge in [-0.2, -0.15) is 0 Å². The minimum absolute atomic E-state index is 0.0720. The number of alkyl halides is 1. The molecule has 0 aromatic carbocycles. The van der Waals surface area contributed by atoms with Gasteiger partial charge in [0.15, 0.2) is 5.75 Å². The minimum Gasteiger partial charge on any atom is -0.491 e. The Kier molecular flexibility index (Phi) is 8.11. The second-order valence-electron chi connectivity index (χ2n) is 6.30. The predicted molar refractivity (Wildman–Crippen MR) is 104 cm³/mol. The Morgan fingerprint density at radius 3 is 2.65 bits per heavy atom. The number of aromatic nitrogens is 1. The summed E-state index contributed by atoms with van der Waals surface area (Å²) in [6.07, 6.45) is 1.05. The highest BCUT2D eigenvalue weighted by atomic mass is 79.9. The van der Waals surface area contributed by atoms with E-state index in [0.29, 0.717) is 29.9 Å². The molecule has 1 aliphatic rings. The molecule has 9 heteroatoms. The summed E-state index contributed by atoms with van der Waals surface area (Å²) in [6, 6.07) is 0. The summed E-state index contributed by atoms with van der Waals surface area (Å²) in [4.78, 5) is 12.6. The summed E-state index contributed by atoms with van der Waals surface area (Å²) >= 11 is 6.68. The molecule has 0 radical (unpaired) electrons. The van der Waals surface area contributed by atoms with Gasteiger partial charge in [-0.1, -0.05) is 22.9 Å². The van der Waals surface area contributed by atoms with Crippen LogP contribution in [0.5, 0.6) is 5.75 Å². The minimum atomic E-state index is -0.539. The molecule has 0 N–H and O–H groups in total. The van der Waals surface area contributed by atoms with Crippen LogP contribution < -0.4 is 10.2 Å². The first-order valence-corrected chi connectivity index (χ1v) is 10.1. The van der Waals surface area contributed by atoms with Crippen molar-refractivity contribution in [3.05, 3.63) is 26.6 Å². The van der Waals surface area contributed by atoms with E-state index in [1.54, 1.807) is 20.4 Å². The number of ether oxygens (including phenoxy) is 5. The number of nitrogens with zero attached hydrogens (tertiary/aromatic N) is 1. The highest BCUT2D eigenvalue weighted by molar-refractivity contribution is 9.10. The van der Waals surface area contributed by atoms with Crippen LogP contribution in [0.1, 0.15) is 18.7 Å². The van der Waals surface area contributed by atoms with Gasteiger partial charge in [0.05, 0.1) is 42.0 Å². The van der Waals surface area contributed by atoms with E-state index in [4.69, 9.17) is 23.7 Å². The maximum Gasteiger partial charge on any atom is 0.237 e. The molecule has 0 spiro atoms. The Morgan fingerprint density at radius 2 is 2.08 bits per heavy atom. The Hall–Kier alpha value is -0.450. The predicted octanol–water partition coefficient (Wildman–Crippen LogP) is 2.73. The molecule has 0 bridgehead atoms. The smallest absolute Gasteiger partial charge is 0.237 e. The van der Waals surface area contributed by atoms with Crippen LogP contribution in [0.3, 0.4) is 0 Å². The highest BCUT2D eigenvalue weighted by Gasteiger charge is 2.50. The number of halogens is 2. The van der Waals surface area contributed by atoms with E-state index >= 15 is 0 Å². The van der Waals surface area contributed by atoms with Gasteiger partial charge in [0, 0.05) is 32.3 Å². The van der Waals surface area contributed by atoms with Crippen LogP contribution >= 0.6 is 31.9 Å². The molecule has 0 saturated carbocycles. The topological polar surface area (TPSA) is 68.2 Å². The molecule has 1 aromatic rings. The molecule has 0 amide bonds. The Balaban J connectivity index is 2.59. The van der Waals surface area contributed by atoms with Crippen molar-refractivity contribution in [2.45, 2.75) is 25.7 Å². The molecule has 7 nitrogen and oxygen atoms in total. The maximum absolute atomic E-state index is 12.6. The van der Waals surface area contributed by atoms with Crippen molar-refractivity contribution in [2.24, 2.45) is 5.41 Å². The summed E-state index contributed by atoms with van der Waals surface area (Å²) in [5, 5.41) is 0.733. The summed E-state index contributed by atoms with van der Waals surface area (Å²) in [7, 11) is 4.71. The van der Waals surface area contributed by atoms with Gasteiger partial charge in [0.1, 0.15) is 12.9 Å². The van der Waals surface area contributed by atoms with Crippen LogP contribution in [0.15, 0.2) is 15.5 Å². The first-order chi connectivity index (χ1) is 12.4. The van der Waals surface area contributed by atoms with Gasteiger partial charge in [-0.3, -0.25) is 4.79 Å². The molecule has 3 unspecified atom stereocenters. The molecular weight excluding hydrogens is 474 g/mol. The van der Waals surface area contributed by atoms with Crippen LogP contribution in [0.2, 0.25) is 0 Å². The zero-order valence-corrected chi connectivity index (χ0v) is 18.6. The lowest BCUT2D eigenvalue weighted by molar-refractivity contribution is -0.189.